The SMILES string of the molecule is COC(=O)C(C)Oc1cccc([C@H](C)N)c1. The largest absolute Gasteiger partial charge is 0.479 e. The summed E-state index contributed by atoms with van der Waals surface area (Å²) in [6.45, 7) is 3.53. The molecule has 0 radical (unpaired) electrons. The first-order valence-corrected chi connectivity index (χ1v) is 5.14. The second-order valence-electron chi connectivity index (χ2n) is 3.64. The predicted octanol–water partition coefficient (Wildman–Crippen LogP) is 1.65. The molecule has 2 N–H and O–H groups in total. The fraction of sp³-hybridized carbons (Fsp3) is 0.417. The molecule has 4 nitrogen and oxygen atoms in total. The molecule has 0 saturated heterocycles. The summed E-state index contributed by atoms with van der Waals surface area (Å²) >= 11 is 0. The van der Waals surface area contributed by atoms with Crippen molar-refractivity contribution in [3.05, 3.63) is 29.8 Å². The van der Waals surface area contributed by atoms with Gasteiger partial charge in [-0.3, -0.25) is 0 Å². The number of nitrogens with two attached hydrogens (primary N) is 1. The maximum absolute atomic E-state index is 11.2. The molecular weight excluding hydrogens is 206 g/mol. The highest BCUT2D eigenvalue weighted by Crippen LogP contribution is 2.18. The minimum absolute atomic E-state index is 0.0583. The minimum Gasteiger partial charge on any atom is -0.479 e. The molecule has 0 heterocycles. The van der Waals surface area contributed by atoms with Gasteiger partial charge in [-0.1, -0.05) is 12.1 Å². The molecule has 4 heteroatoms. The molecule has 0 saturated carbocycles. The van der Waals surface area contributed by atoms with Crippen LogP contribution in [0.1, 0.15) is 25.5 Å². The summed E-state index contributed by atoms with van der Waals surface area (Å²) in [4.78, 5) is 11.2. The zero-order chi connectivity index (χ0) is 12.1. The lowest BCUT2D eigenvalue weighted by Gasteiger charge is -2.14. The Balaban J connectivity index is 2.74. The Hall–Kier alpha value is -1.55. The minimum atomic E-state index is -0.617. The summed E-state index contributed by atoms with van der Waals surface area (Å²) in [6, 6.07) is 7.31. The van der Waals surface area contributed by atoms with Gasteiger partial charge in [-0.05, 0) is 31.5 Å². The Labute approximate surface area is 95.3 Å². The lowest BCUT2D eigenvalue weighted by atomic mass is 10.1. The van der Waals surface area contributed by atoms with Crippen LogP contribution in [0, 0.1) is 0 Å². The van der Waals surface area contributed by atoms with Gasteiger partial charge in [0.05, 0.1) is 7.11 Å². The molecule has 1 aromatic rings. The normalized spacial score (nSPS) is 14.0. The molecular formula is C12H17NO3. The number of rotatable bonds is 4. The summed E-state index contributed by atoms with van der Waals surface area (Å²) in [5.41, 5.74) is 6.72. The first-order valence-electron chi connectivity index (χ1n) is 5.14. The number of carbonyl (C=O) groups excluding carboxylic acids is 1. The second kappa shape index (κ2) is 5.51. The van der Waals surface area contributed by atoms with Gasteiger partial charge in [-0.25, -0.2) is 4.79 Å². The van der Waals surface area contributed by atoms with Crippen LogP contribution in [0.5, 0.6) is 5.75 Å². The zero-order valence-corrected chi connectivity index (χ0v) is 9.77. The fourth-order valence-electron chi connectivity index (χ4n) is 1.29. The molecule has 0 amide bonds. The smallest absolute Gasteiger partial charge is 0.346 e. The lowest BCUT2D eigenvalue weighted by molar-refractivity contribution is -0.147. The van der Waals surface area contributed by atoms with Crippen molar-refractivity contribution in [2.45, 2.75) is 26.0 Å². The standard InChI is InChI=1S/C12H17NO3/c1-8(13)10-5-4-6-11(7-10)16-9(2)12(14)15-3/h4-9H,13H2,1-3H3/t8-,9?/m0/s1. The molecule has 0 aromatic heterocycles. The Morgan fingerprint density at radius 3 is 2.62 bits per heavy atom. The Bertz CT molecular complexity index is 363. The summed E-state index contributed by atoms with van der Waals surface area (Å²) < 4.78 is 10.0. The molecule has 2 atom stereocenters. The number of methoxy groups -OCH3 is 1. The number of hydrogen-bond acceptors (Lipinski definition) is 4. The first-order chi connectivity index (χ1) is 7.54. The Kier molecular flexibility index (Phi) is 4.31. The highest BCUT2D eigenvalue weighted by atomic mass is 16.6. The summed E-state index contributed by atoms with van der Waals surface area (Å²) in [5.74, 6) is 0.221. The number of ether oxygens (including phenoxy) is 2. The Morgan fingerprint density at radius 2 is 2.06 bits per heavy atom. The van der Waals surface area contributed by atoms with Gasteiger partial charge >= 0.3 is 5.97 Å². The van der Waals surface area contributed by atoms with Crippen LogP contribution in [-0.2, 0) is 9.53 Å². The zero-order valence-electron chi connectivity index (χ0n) is 9.77. The number of carbonyl (C=O) groups is 1. The quantitative estimate of drug-likeness (QED) is 0.788. The molecule has 1 aromatic carbocycles. The van der Waals surface area contributed by atoms with Gasteiger partial charge in [-0.2, -0.15) is 0 Å². The van der Waals surface area contributed by atoms with Crippen molar-refractivity contribution in [1.82, 2.24) is 0 Å². The van der Waals surface area contributed by atoms with E-state index in [-0.39, 0.29) is 6.04 Å². The van der Waals surface area contributed by atoms with Crippen molar-refractivity contribution < 1.29 is 14.3 Å². The molecule has 0 aliphatic carbocycles. The molecule has 0 aliphatic heterocycles. The highest BCUT2D eigenvalue weighted by molar-refractivity contribution is 5.74. The van der Waals surface area contributed by atoms with Crippen LogP contribution in [0.4, 0.5) is 0 Å². The molecule has 0 bridgehead atoms. The summed E-state index contributed by atoms with van der Waals surface area (Å²) in [7, 11) is 1.33. The monoisotopic (exact) mass is 223 g/mol. The first kappa shape index (κ1) is 12.5. The molecule has 1 rings (SSSR count). The van der Waals surface area contributed by atoms with E-state index in [0.29, 0.717) is 5.75 Å². The van der Waals surface area contributed by atoms with Crippen LogP contribution in [0.25, 0.3) is 0 Å². The van der Waals surface area contributed by atoms with Crippen molar-refractivity contribution in [3.63, 3.8) is 0 Å². The van der Waals surface area contributed by atoms with Gasteiger partial charge in [-0.15, -0.1) is 0 Å². The molecule has 88 valence electrons. The van der Waals surface area contributed by atoms with E-state index in [1.807, 2.05) is 25.1 Å². The van der Waals surface area contributed by atoms with Gasteiger partial charge < -0.3 is 15.2 Å². The molecule has 0 aliphatic rings. The third-order valence-electron chi connectivity index (χ3n) is 2.23. The predicted molar refractivity (Wildman–Crippen MR) is 61.2 cm³/mol. The van der Waals surface area contributed by atoms with E-state index in [9.17, 15) is 4.79 Å². The van der Waals surface area contributed by atoms with Crippen LogP contribution >= 0.6 is 0 Å². The summed E-state index contributed by atoms with van der Waals surface area (Å²) in [5, 5.41) is 0. The van der Waals surface area contributed by atoms with Gasteiger partial charge in [0, 0.05) is 6.04 Å². The third-order valence-corrected chi connectivity index (χ3v) is 2.23. The number of hydrogen-bond donors (Lipinski definition) is 1. The highest BCUT2D eigenvalue weighted by Gasteiger charge is 2.14. The van der Waals surface area contributed by atoms with E-state index in [0.717, 1.165) is 5.56 Å². The van der Waals surface area contributed by atoms with E-state index in [2.05, 4.69) is 4.74 Å². The van der Waals surface area contributed by atoms with Crippen LogP contribution < -0.4 is 10.5 Å². The van der Waals surface area contributed by atoms with E-state index in [1.165, 1.54) is 7.11 Å². The molecule has 16 heavy (non-hydrogen) atoms. The Morgan fingerprint density at radius 1 is 1.38 bits per heavy atom. The van der Waals surface area contributed by atoms with Crippen LogP contribution in [-0.4, -0.2) is 19.2 Å². The fourth-order valence-corrected chi connectivity index (χ4v) is 1.29. The van der Waals surface area contributed by atoms with Gasteiger partial charge in [0.2, 0.25) is 0 Å². The van der Waals surface area contributed by atoms with Crippen molar-refractivity contribution in [1.29, 1.82) is 0 Å². The van der Waals surface area contributed by atoms with Gasteiger partial charge in [0.15, 0.2) is 6.10 Å². The summed E-state index contributed by atoms with van der Waals surface area (Å²) in [6.07, 6.45) is -0.617. The van der Waals surface area contributed by atoms with Crippen molar-refractivity contribution in [2.24, 2.45) is 5.73 Å². The van der Waals surface area contributed by atoms with Crippen molar-refractivity contribution >= 4 is 5.97 Å². The van der Waals surface area contributed by atoms with E-state index < -0.39 is 12.1 Å². The molecule has 0 fully saturated rings. The number of esters is 1. The van der Waals surface area contributed by atoms with Gasteiger partial charge in [0.1, 0.15) is 5.75 Å². The second-order valence-corrected chi connectivity index (χ2v) is 3.64. The van der Waals surface area contributed by atoms with Crippen molar-refractivity contribution in [2.75, 3.05) is 7.11 Å². The van der Waals surface area contributed by atoms with E-state index in [1.54, 1.807) is 13.0 Å². The maximum Gasteiger partial charge on any atom is 0.346 e. The maximum atomic E-state index is 11.2. The average Bonchev–Trinajstić information content (AvgIpc) is 2.28. The topological polar surface area (TPSA) is 61.5 Å². The lowest BCUT2D eigenvalue weighted by Crippen LogP contribution is -2.24. The molecule has 1 unspecified atom stereocenters. The van der Waals surface area contributed by atoms with E-state index in [4.69, 9.17) is 10.5 Å². The number of benzene rings is 1. The van der Waals surface area contributed by atoms with Crippen LogP contribution in [0.15, 0.2) is 24.3 Å². The third kappa shape index (κ3) is 3.24. The van der Waals surface area contributed by atoms with Crippen LogP contribution in [0.3, 0.4) is 0 Å². The van der Waals surface area contributed by atoms with Crippen LogP contribution in [0.2, 0.25) is 0 Å². The van der Waals surface area contributed by atoms with Crippen molar-refractivity contribution in [3.8, 4) is 5.75 Å². The van der Waals surface area contributed by atoms with Gasteiger partial charge in [0.25, 0.3) is 0 Å². The molecule has 0 spiro atoms. The average molecular weight is 223 g/mol. The van der Waals surface area contributed by atoms with E-state index >= 15 is 0 Å².